The number of hydrogen-bond acceptors (Lipinski definition) is 3. The Bertz CT molecular complexity index is 155. The summed E-state index contributed by atoms with van der Waals surface area (Å²) in [5.74, 6) is 0. The summed E-state index contributed by atoms with van der Waals surface area (Å²) >= 11 is 6.40. The highest BCUT2D eigenvalue weighted by Crippen LogP contribution is 1.95. The van der Waals surface area contributed by atoms with E-state index in [1.165, 1.54) is 11.8 Å². The molecule has 0 rings (SSSR count). The molecule has 0 aromatic rings. The van der Waals surface area contributed by atoms with Crippen molar-refractivity contribution >= 4 is 34.0 Å². The van der Waals surface area contributed by atoms with Crippen molar-refractivity contribution in [2.75, 3.05) is 6.26 Å². The first-order valence-corrected chi connectivity index (χ1v) is 5.21. The molecular formula is C7H14N2S2. The highest BCUT2D eigenvalue weighted by molar-refractivity contribution is 8.22. The fraction of sp³-hybridized carbons (Fsp3) is 0.714. The van der Waals surface area contributed by atoms with Gasteiger partial charge in [-0.3, -0.25) is 5.43 Å². The molecule has 0 fully saturated rings. The normalized spacial score (nSPS) is 11.4. The first-order valence-electron chi connectivity index (χ1n) is 3.57. The van der Waals surface area contributed by atoms with Gasteiger partial charge in [0.2, 0.25) is 0 Å². The minimum atomic E-state index is 0.723. The summed E-state index contributed by atoms with van der Waals surface area (Å²) in [5.41, 5.74) is 3.90. The van der Waals surface area contributed by atoms with E-state index in [0.29, 0.717) is 0 Å². The van der Waals surface area contributed by atoms with Crippen molar-refractivity contribution < 1.29 is 0 Å². The van der Waals surface area contributed by atoms with Gasteiger partial charge in [-0.15, -0.1) is 0 Å². The monoisotopic (exact) mass is 190 g/mol. The van der Waals surface area contributed by atoms with Gasteiger partial charge in [0.1, 0.15) is 0 Å². The summed E-state index contributed by atoms with van der Waals surface area (Å²) in [7, 11) is 0. The summed E-state index contributed by atoms with van der Waals surface area (Å²) in [5, 5.41) is 4.09. The Morgan fingerprint density at radius 1 is 1.64 bits per heavy atom. The molecule has 0 bridgehead atoms. The van der Waals surface area contributed by atoms with Crippen molar-refractivity contribution in [1.29, 1.82) is 0 Å². The largest absolute Gasteiger partial charge is 0.262 e. The summed E-state index contributed by atoms with van der Waals surface area (Å²) in [6.45, 7) is 4.13. The average molecular weight is 190 g/mol. The van der Waals surface area contributed by atoms with E-state index in [0.717, 1.165) is 22.9 Å². The maximum atomic E-state index is 4.90. The zero-order chi connectivity index (χ0) is 8.69. The molecule has 0 heterocycles. The van der Waals surface area contributed by atoms with Gasteiger partial charge in [0.25, 0.3) is 0 Å². The Morgan fingerprint density at radius 3 is 2.73 bits per heavy atom. The second-order valence-electron chi connectivity index (χ2n) is 2.20. The SMILES string of the molecule is CCC/C(C)=N/NC(=S)SC. The van der Waals surface area contributed by atoms with Crippen LogP contribution in [0.15, 0.2) is 5.10 Å². The van der Waals surface area contributed by atoms with Crippen LogP contribution in [-0.2, 0) is 0 Å². The van der Waals surface area contributed by atoms with E-state index in [2.05, 4.69) is 17.5 Å². The van der Waals surface area contributed by atoms with Gasteiger partial charge in [0, 0.05) is 5.71 Å². The Hall–Kier alpha value is -0.0900. The van der Waals surface area contributed by atoms with Crippen LogP contribution in [0, 0.1) is 0 Å². The van der Waals surface area contributed by atoms with E-state index in [9.17, 15) is 0 Å². The molecule has 0 aromatic carbocycles. The molecule has 0 atom stereocenters. The molecular weight excluding hydrogens is 176 g/mol. The van der Waals surface area contributed by atoms with Crippen molar-refractivity contribution in [1.82, 2.24) is 5.43 Å². The molecule has 0 saturated heterocycles. The van der Waals surface area contributed by atoms with Crippen molar-refractivity contribution in [3.63, 3.8) is 0 Å². The quantitative estimate of drug-likeness (QED) is 0.420. The van der Waals surface area contributed by atoms with Gasteiger partial charge in [-0.05, 0) is 19.6 Å². The van der Waals surface area contributed by atoms with Gasteiger partial charge in [-0.1, -0.05) is 37.3 Å². The van der Waals surface area contributed by atoms with Crippen LogP contribution in [0.5, 0.6) is 0 Å². The fourth-order valence-corrected chi connectivity index (χ4v) is 0.787. The highest BCUT2D eigenvalue weighted by Gasteiger charge is 1.90. The topological polar surface area (TPSA) is 24.4 Å². The molecule has 0 aliphatic heterocycles. The molecule has 1 N–H and O–H groups in total. The van der Waals surface area contributed by atoms with Crippen LogP contribution in [-0.4, -0.2) is 16.3 Å². The smallest absolute Gasteiger partial charge is 0.153 e. The standard InChI is InChI=1S/C7H14N2S2/c1-4-5-6(2)8-9-7(10)11-3/h4-5H2,1-3H3,(H,9,10)/b8-6+. The van der Waals surface area contributed by atoms with Crippen molar-refractivity contribution in [3.05, 3.63) is 0 Å². The summed E-state index contributed by atoms with van der Waals surface area (Å²) in [6, 6.07) is 0. The molecule has 0 aliphatic carbocycles. The molecule has 0 amide bonds. The van der Waals surface area contributed by atoms with Crippen molar-refractivity contribution in [2.45, 2.75) is 26.7 Å². The second-order valence-corrected chi connectivity index (χ2v) is 3.68. The summed E-state index contributed by atoms with van der Waals surface area (Å²) in [4.78, 5) is 0. The lowest BCUT2D eigenvalue weighted by atomic mass is 10.2. The molecule has 64 valence electrons. The van der Waals surface area contributed by atoms with Crippen LogP contribution in [0.4, 0.5) is 0 Å². The number of hydrazone groups is 1. The number of nitrogens with one attached hydrogen (secondary N) is 1. The van der Waals surface area contributed by atoms with E-state index in [-0.39, 0.29) is 0 Å². The molecule has 0 aliphatic rings. The van der Waals surface area contributed by atoms with Crippen LogP contribution < -0.4 is 5.43 Å². The summed E-state index contributed by atoms with van der Waals surface area (Å²) in [6.07, 6.45) is 4.09. The molecule has 0 unspecified atom stereocenters. The van der Waals surface area contributed by atoms with Crippen molar-refractivity contribution in [3.8, 4) is 0 Å². The predicted octanol–water partition coefficient (Wildman–Crippen LogP) is 2.40. The number of thiocarbonyl (C=S) groups is 1. The zero-order valence-corrected chi connectivity index (χ0v) is 8.81. The Balaban J connectivity index is 3.63. The van der Waals surface area contributed by atoms with Crippen LogP contribution >= 0.6 is 24.0 Å². The maximum Gasteiger partial charge on any atom is 0.153 e. The zero-order valence-electron chi connectivity index (χ0n) is 7.18. The maximum absolute atomic E-state index is 4.90. The first kappa shape index (κ1) is 10.9. The minimum absolute atomic E-state index is 0.723. The summed E-state index contributed by atoms with van der Waals surface area (Å²) < 4.78 is 0.723. The van der Waals surface area contributed by atoms with Gasteiger partial charge < -0.3 is 0 Å². The minimum Gasteiger partial charge on any atom is -0.262 e. The van der Waals surface area contributed by atoms with Crippen LogP contribution in [0.1, 0.15) is 26.7 Å². The fourth-order valence-electron chi connectivity index (χ4n) is 0.604. The van der Waals surface area contributed by atoms with E-state index < -0.39 is 0 Å². The number of thioether (sulfide) groups is 1. The third-order valence-electron chi connectivity index (χ3n) is 1.14. The lowest BCUT2D eigenvalue weighted by Crippen LogP contribution is -2.12. The van der Waals surface area contributed by atoms with Gasteiger partial charge in [-0.25, -0.2) is 0 Å². The Morgan fingerprint density at radius 2 is 2.27 bits per heavy atom. The van der Waals surface area contributed by atoms with E-state index in [1.807, 2.05) is 13.2 Å². The first-order chi connectivity index (χ1) is 5.20. The van der Waals surface area contributed by atoms with Gasteiger partial charge >= 0.3 is 0 Å². The average Bonchev–Trinajstić information content (AvgIpc) is 2.01. The molecule has 4 heteroatoms. The predicted molar refractivity (Wildman–Crippen MR) is 57.3 cm³/mol. The highest BCUT2D eigenvalue weighted by atomic mass is 32.2. The lowest BCUT2D eigenvalue weighted by molar-refractivity contribution is 0.954. The van der Waals surface area contributed by atoms with E-state index in [4.69, 9.17) is 12.2 Å². The Kier molecular flexibility index (Phi) is 6.56. The van der Waals surface area contributed by atoms with E-state index >= 15 is 0 Å². The number of hydrogen-bond donors (Lipinski definition) is 1. The van der Waals surface area contributed by atoms with Crippen molar-refractivity contribution in [2.24, 2.45) is 5.10 Å². The van der Waals surface area contributed by atoms with Gasteiger partial charge in [0.15, 0.2) is 4.32 Å². The van der Waals surface area contributed by atoms with E-state index in [1.54, 1.807) is 0 Å². The number of nitrogens with zero attached hydrogens (tertiary/aromatic N) is 1. The molecule has 0 spiro atoms. The third-order valence-corrected chi connectivity index (χ3v) is 2.19. The molecule has 0 saturated carbocycles. The second kappa shape index (κ2) is 6.61. The number of rotatable bonds is 3. The van der Waals surface area contributed by atoms with Gasteiger partial charge in [-0.2, -0.15) is 5.10 Å². The Labute approximate surface area is 77.8 Å². The van der Waals surface area contributed by atoms with Crippen LogP contribution in [0.2, 0.25) is 0 Å². The van der Waals surface area contributed by atoms with Gasteiger partial charge in [0.05, 0.1) is 0 Å². The third kappa shape index (κ3) is 6.31. The molecule has 0 radical (unpaired) electrons. The molecule has 2 nitrogen and oxygen atoms in total. The van der Waals surface area contributed by atoms with Crippen LogP contribution in [0.25, 0.3) is 0 Å². The van der Waals surface area contributed by atoms with Crippen LogP contribution in [0.3, 0.4) is 0 Å². The molecule has 0 aromatic heterocycles. The molecule has 11 heavy (non-hydrogen) atoms. The lowest BCUT2D eigenvalue weighted by Gasteiger charge is -1.99.